The summed E-state index contributed by atoms with van der Waals surface area (Å²) in [7, 11) is 0. The summed E-state index contributed by atoms with van der Waals surface area (Å²) < 4.78 is 5.05. The smallest absolute Gasteiger partial charge is 0.302 e. The number of carbonyl (C=O) groups is 1. The second-order valence-corrected chi connectivity index (χ2v) is 6.14. The molecule has 0 amide bonds. The predicted octanol–water partition coefficient (Wildman–Crippen LogP) is 3.41. The Hall–Kier alpha value is -2.89. The Labute approximate surface area is 154 Å². The second-order valence-electron chi connectivity index (χ2n) is 6.14. The number of anilines is 2. The van der Waals surface area contributed by atoms with Crippen molar-refractivity contribution in [3.63, 3.8) is 0 Å². The highest BCUT2D eigenvalue weighted by Gasteiger charge is 2.21. The van der Waals surface area contributed by atoms with Crippen molar-refractivity contribution in [1.29, 1.82) is 0 Å². The van der Waals surface area contributed by atoms with E-state index in [1.54, 1.807) is 6.20 Å². The molecule has 1 heterocycles. The summed E-state index contributed by atoms with van der Waals surface area (Å²) >= 11 is 0. The van der Waals surface area contributed by atoms with Crippen LogP contribution in [0.15, 0.2) is 47.6 Å². The summed E-state index contributed by atoms with van der Waals surface area (Å²) in [6.45, 7) is 8.50. The van der Waals surface area contributed by atoms with Gasteiger partial charge in [-0.05, 0) is 50.6 Å². The van der Waals surface area contributed by atoms with E-state index in [0.29, 0.717) is 12.4 Å². The molecule has 0 aliphatic rings. The van der Waals surface area contributed by atoms with Crippen molar-refractivity contribution in [3.05, 3.63) is 53.7 Å². The first kappa shape index (κ1) is 19.4. The molecule has 0 unspecified atom stereocenters. The van der Waals surface area contributed by atoms with Gasteiger partial charge in [-0.3, -0.25) is 9.79 Å². The zero-order chi connectivity index (χ0) is 19.1. The average Bonchev–Trinajstić information content (AvgIpc) is 2.61. The second kappa shape index (κ2) is 8.99. The Kier molecular flexibility index (Phi) is 6.72. The molecule has 2 N–H and O–H groups in total. The highest BCUT2D eigenvalue weighted by molar-refractivity contribution is 6.12. The van der Waals surface area contributed by atoms with Crippen LogP contribution in [0, 0.1) is 0 Å². The number of hydrogen-bond acceptors (Lipinski definition) is 5. The summed E-state index contributed by atoms with van der Waals surface area (Å²) in [6.07, 6.45) is 1.67. The molecule has 138 valence electrons. The standard InChI is InChI=1S/C20H26N4O2/c1-5-22-20(18-7-6-12-23-19(18)21)24(14(2)3)17-10-8-16(9-11-17)13-26-15(4)25/h6-12,14H,5,13H2,1-4H3,(H2,21,23). The van der Waals surface area contributed by atoms with Gasteiger partial charge in [0.05, 0.1) is 5.56 Å². The third-order valence-electron chi connectivity index (χ3n) is 3.79. The van der Waals surface area contributed by atoms with Gasteiger partial charge in [0, 0.05) is 31.4 Å². The Morgan fingerprint density at radius 1 is 1.27 bits per heavy atom. The molecule has 2 aromatic rings. The molecule has 0 spiro atoms. The van der Waals surface area contributed by atoms with Crippen LogP contribution in [-0.4, -0.2) is 29.4 Å². The number of aromatic nitrogens is 1. The van der Waals surface area contributed by atoms with Crippen molar-refractivity contribution >= 4 is 23.3 Å². The first-order chi connectivity index (χ1) is 12.4. The van der Waals surface area contributed by atoms with E-state index in [2.05, 4.69) is 28.7 Å². The highest BCUT2D eigenvalue weighted by atomic mass is 16.5. The molecule has 0 saturated carbocycles. The van der Waals surface area contributed by atoms with Crippen LogP contribution in [0.1, 0.15) is 38.8 Å². The van der Waals surface area contributed by atoms with E-state index in [9.17, 15) is 4.79 Å². The van der Waals surface area contributed by atoms with Crippen molar-refractivity contribution < 1.29 is 9.53 Å². The molecule has 0 radical (unpaired) electrons. The van der Waals surface area contributed by atoms with E-state index in [1.807, 2.05) is 43.3 Å². The Balaban J connectivity index is 2.39. The number of rotatable bonds is 6. The molecular formula is C20H26N4O2. The number of benzene rings is 1. The molecular weight excluding hydrogens is 328 g/mol. The minimum absolute atomic E-state index is 0.166. The van der Waals surface area contributed by atoms with E-state index in [1.165, 1.54) is 6.92 Å². The van der Waals surface area contributed by atoms with Gasteiger partial charge in [0.25, 0.3) is 0 Å². The molecule has 26 heavy (non-hydrogen) atoms. The number of nitrogens with two attached hydrogens (primary N) is 1. The lowest BCUT2D eigenvalue weighted by molar-refractivity contribution is -0.142. The molecule has 0 aliphatic carbocycles. The van der Waals surface area contributed by atoms with Crippen molar-refractivity contribution in [2.45, 2.75) is 40.3 Å². The maximum absolute atomic E-state index is 11.0. The molecule has 0 fully saturated rings. The van der Waals surface area contributed by atoms with Crippen LogP contribution in [0.5, 0.6) is 0 Å². The molecule has 6 heteroatoms. The van der Waals surface area contributed by atoms with Crippen LogP contribution in [0.4, 0.5) is 11.5 Å². The number of esters is 1. The van der Waals surface area contributed by atoms with Crippen molar-refractivity contribution in [3.8, 4) is 0 Å². The summed E-state index contributed by atoms with van der Waals surface area (Å²) in [5.41, 5.74) is 8.83. The molecule has 0 saturated heterocycles. The third kappa shape index (κ3) is 4.81. The van der Waals surface area contributed by atoms with Gasteiger partial charge >= 0.3 is 5.97 Å². The molecule has 0 atom stereocenters. The number of aliphatic imine (C=N–C) groups is 1. The predicted molar refractivity (Wildman–Crippen MR) is 105 cm³/mol. The van der Waals surface area contributed by atoms with Crippen LogP contribution in [-0.2, 0) is 16.1 Å². The minimum Gasteiger partial charge on any atom is -0.461 e. The monoisotopic (exact) mass is 354 g/mol. The fraction of sp³-hybridized carbons (Fsp3) is 0.350. The maximum atomic E-state index is 11.0. The van der Waals surface area contributed by atoms with E-state index in [-0.39, 0.29) is 18.6 Å². The maximum Gasteiger partial charge on any atom is 0.302 e. The molecule has 1 aromatic carbocycles. The van der Waals surface area contributed by atoms with Gasteiger partial charge in [-0.15, -0.1) is 0 Å². The van der Waals surface area contributed by atoms with Gasteiger partial charge in [0.15, 0.2) is 0 Å². The van der Waals surface area contributed by atoms with Gasteiger partial charge in [0.1, 0.15) is 18.3 Å². The Morgan fingerprint density at radius 2 is 1.96 bits per heavy atom. The van der Waals surface area contributed by atoms with Crippen LogP contribution >= 0.6 is 0 Å². The van der Waals surface area contributed by atoms with Crippen LogP contribution < -0.4 is 10.6 Å². The zero-order valence-corrected chi connectivity index (χ0v) is 15.8. The Bertz CT molecular complexity index is 770. The first-order valence-corrected chi connectivity index (χ1v) is 8.70. The van der Waals surface area contributed by atoms with E-state index in [4.69, 9.17) is 10.5 Å². The van der Waals surface area contributed by atoms with Crippen molar-refractivity contribution in [2.75, 3.05) is 17.2 Å². The molecule has 0 bridgehead atoms. The van der Waals surface area contributed by atoms with Gasteiger partial charge in [-0.25, -0.2) is 4.98 Å². The van der Waals surface area contributed by atoms with E-state index < -0.39 is 0 Å². The number of pyridine rings is 1. The average molecular weight is 354 g/mol. The number of nitrogen functional groups attached to an aromatic ring is 1. The molecule has 1 aromatic heterocycles. The van der Waals surface area contributed by atoms with Crippen molar-refractivity contribution in [1.82, 2.24) is 4.98 Å². The lowest BCUT2D eigenvalue weighted by atomic mass is 10.1. The van der Waals surface area contributed by atoms with Crippen LogP contribution in [0.25, 0.3) is 0 Å². The Morgan fingerprint density at radius 3 is 2.50 bits per heavy atom. The summed E-state index contributed by atoms with van der Waals surface area (Å²) in [4.78, 5) is 22.0. The first-order valence-electron chi connectivity index (χ1n) is 8.70. The van der Waals surface area contributed by atoms with Crippen LogP contribution in [0.2, 0.25) is 0 Å². The SMILES string of the molecule is CCN=C(c1cccnc1N)N(c1ccc(COC(C)=O)cc1)C(C)C. The topological polar surface area (TPSA) is 80.8 Å². The van der Waals surface area contributed by atoms with Crippen LogP contribution in [0.3, 0.4) is 0 Å². The summed E-state index contributed by atoms with van der Waals surface area (Å²) in [5, 5.41) is 0. The quantitative estimate of drug-likeness (QED) is 0.488. The fourth-order valence-electron chi connectivity index (χ4n) is 2.65. The lowest BCUT2D eigenvalue weighted by Crippen LogP contribution is -2.38. The minimum atomic E-state index is -0.290. The van der Waals surface area contributed by atoms with E-state index in [0.717, 1.165) is 22.6 Å². The summed E-state index contributed by atoms with van der Waals surface area (Å²) in [6, 6.07) is 11.8. The number of ether oxygens (including phenoxy) is 1. The molecule has 2 rings (SSSR count). The van der Waals surface area contributed by atoms with Crippen molar-refractivity contribution in [2.24, 2.45) is 4.99 Å². The number of carbonyl (C=O) groups excluding carboxylic acids is 1. The fourth-order valence-corrected chi connectivity index (χ4v) is 2.65. The molecule has 6 nitrogen and oxygen atoms in total. The third-order valence-corrected chi connectivity index (χ3v) is 3.79. The highest BCUT2D eigenvalue weighted by Crippen LogP contribution is 2.23. The van der Waals surface area contributed by atoms with Gasteiger partial charge < -0.3 is 15.4 Å². The number of amidine groups is 1. The van der Waals surface area contributed by atoms with Gasteiger partial charge in [0.2, 0.25) is 0 Å². The number of hydrogen-bond donors (Lipinski definition) is 1. The van der Waals surface area contributed by atoms with E-state index >= 15 is 0 Å². The number of nitrogens with zero attached hydrogens (tertiary/aromatic N) is 3. The zero-order valence-electron chi connectivity index (χ0n) is 15.8. The molecule has 0 aliphatic heterocycles. The lowest BCUT2D eigenvalue weighted by Gasteiger charge is -2.31. The van der Waals surface area contributed by atoms with Gasteiger partial charge in [-0.2, -0.15) is 0 Å². The van der Waals surface area contributed by atoms with Gasteiger partial charge in [-0.1, -0.05) is 12.1 Å². The summed E-state index contributed by atoms with van der Waals surface area (Å²) in [5.74, 6) is 0.958. The normalized spacial score (nSPS) is 11.5. The largest absolute Gasteiger partial charge is 0.461 e.